The van der Waals surface area contributed by atoms with Crippen molar-refractivity contribution in [2.75, 3.05) is 0 Å². The summed E-state index contributed by atoms with van der Waals surface area (Å²) in [5.41, 5.74) is 0. The van der Waals surface area contributed by atoms with E-state index >= 15 is 0 Å². The Balaban J connectivity index is 3.35. The largest absolute Gasteiger partial charge is 0.0654 e. The highest BCUT2D eigenvalue weighted by molar-refractivity contribution is 4.64. The van der Waals surface area contributed by atoms with Crippen LogP contribution in [0.25, 0.3) is 0 Å². The Bertz CT molecular complexity index is 232. The molecule has 0 N–H and O–H groups in total. The molecule has 0 aliphatic heterocycles. The van der Waals surface area contributed by atoms with Crippen molar-refractivity contribution in [3.63, 3.8) is 0 Å². The summed E-state index contributed by atoms with van der Waals surface area (Å²) < 4.78 is 0. The SMILES string of the molecule is CCCCCCCCCCCCCC(C)CC(C)CC(C)CCC. The van der Waals surface area contributed by atoms with Crippen LogP contribution in [0.1, 0.15) is 137 Å². The number of rotatable bonds is 18. The molecule has 24 heavy (non-hydrogen) atoms. The van der Waals surface area contributed by atoms with Gasteiger partial charge in [-0.1, -0.05) is 125 Å². The lowest BCUT2D eigenvalue weighted by atomic mass is 9.86. The molecule has 0 aromatic carbocycles. The summed E-state index contributed by atoms with van der Waals surface area (Å²) in [6.45, 7) is 12.0. The molecule has 3 unspecified atom stereocenters. The highest BCUT2D eigenvalue weighted by Gasteiger charge is 2.12. The third-order valence-electron chi connectivity index (χ3n) is 5.69. The van der Waals surface area contributed by atoms with E-state index in [9.17, 15) is 0 Å². The third kappa shape index (κ3) is 16.8. The van der Waals surface area contributed by atoms with Crippen LogP contribution in [0.3, 0.4) is 0 Å². The molecular formula is C24H50. The lowest BCUT2D eigenvalue weighted by molar-refractivity contribution is 0.319. The monoisotopic (exact) mass is 338 g/mol. The van der Waals surface area contributed by atoms with Gasteiger partial charge in [0, 0.05) is 0 Å². The Kier molecular flexibility index (Phi) is 17.8. The first kappa shape index (κ1) is 24.0. The second-order valence-electron chi connectivity index (χ2n) is 8.90. The zero-order valence-electron chi connectivity index (χ0n) is 18.0. The van der Waals surface area contributed by atoms with Gasteiger partial charge in [0.05, 0.1) is 0 Å². The average Bonchev–Trinajstić information content (AvgIpc) is 2.52. The van der Waals surface area contributed by atoms with E-state index in [0.717, 1.165) is 17.8 Å². The summed E-state index contributed by atoms with van der Waals surface area (Å²) >= 11 is 0. The highest BCUT2D eigenvalue weighted by atomic mass is 14.2. The second kappa shape index (κ2) is 17.8. The van der Waals surface area contributed by atoms with Crippen LogP contribution in [0.15, 0.2) is 0 Å². The number of hydrogen-bond acceptors (Lipinski definition) is 0. The minimum absolute atomic E-state index is 0.925. The molecule has 0 bridgehead atoms. The third-order valence-corrected chi connectivity index (χ3v) is 5.69. The summed E-state index contributed by atoms with van der Waals surface area (Å²) in [6, 6.07) is 0. The van der Waals surface area contributed by atoms with Gasteiger partial charge in [0.15, 0.2) is 0 Å². The van der Waals surface area contributed by atoms with Crippen LogP contribution in [-0.2, 0) is 0 Å². The Labute approximate surface area is 155 Å². The molecule has 0 rings (SSSR count). The summed E-state index contributed by atoms with van der Waals surface area (Å²) in [5, 5.41) is 0. The van der Waals surface area contributed by atoms with Crippen molar-refractivity contribution in [2.45, 2.75) is 137 Å². The minimum Gasteiger partial charge on any atom is -0.0654 e. The molecule has 0 saturated carbocycles. The van der Waals surface area contributed by atoms with E-state index in [2.05, 4.69) is 34.6 Å². The van der Waals surface area contributed by atoms with E-state index in [1.165, 1.54) is 103 Å². The fourth-order valence-corrected chi connectivity index (χ4v) is 4.36. The van der Waals surface area contributed by atoms with Crippen LogP contribution in [0.4, 0.5) is 0 Å². The summed E-state index contributed by atoms with van der Waals surface area (Å²) in [4.78, 5) is 0. The molecule has 0 aliphatic rings. The molecule has 0 nitrogen and oxygen atoms in total. The number of unbranched alkanes of at least 4 members (excludes halogenated alkanes) is 10. The van der Waals surface area contributed by atoms with Gasteiger partial charge in [0.25, 0.3) is 0 Å². The topological polar surface area (TPSA) is 0 Å². The molecule has 146 valence electrons. The maximum atomic E-state index is 2.48. The highest BCUT2D eigenvalue weighted by Crippen LogP contribution is 2.25. The standard InChI is InChI=1S/C24H50/c1-6-8-9-10-11-12-13-14-15-16-17-19-23(4)21-24(5)20-22(3)18-7-2/h22-24H,6-21H2,1-5H3. The lowest BCUT2D eigenvalue weighted by Gasteiger charge is -2.20. The number of hydrogen-bond donors (Lipinski definition) is 0. The molecule has 0 spiro atoms. The van der Waals surface area contributed by atoms with Crippen LogP contribution >= 0.6 is 0 Å². The zero-order valence-corrected chi connectivity index (χ0v) is 18.0. The predicted molar refractivity (Wildman–Crippen MR) is 113 cm³/mol. The summed E-state index contributed by atoms with van der Waals surface area (Å²) in [7, 11) is 0. The van der Waals surface area contributed by atoms with Crippen LogP contribution in [0.2, 0.25) is 0 Å². The molecule has 0 heterocycles. The van der Waals surface area contributed by atoms with Crippen molar-refractivity contribution < 1.29 is 0 Å². The Morgan fingerprint density at radius 2 is 0.833 bits per heavy atom. The first-order valence-electron chi connectivity index (χ1n) is 11.6. The maximum absolute atomic E-state index is 2.48. The first-order valence-corrected chi connectivity index (χ1v) is 11.6. The smallest absolute Gasteiger partial charge is 0.0438 e. The summed E-state index contributed by atoms with van der Waals surface area (Å²) in [6.07, 6.45) is 23.2. The van der Waals surface area contributed by atoms with Gasteiger partial charge in [-0.2, -0.15) is 0 Å². The fourth-order valence-electron chi connectivity index (χ4n) is 4.36. The van der Waals surface area contributed by atoms with Crippen molar-refractivity contribution in [2.24, 2.45) is 17.8 Å². The molecule has 0 saturated heterocycles. The molecule has 0 amide bonds. The fraction of sp³-hybridized carbons (Fsp3) is 1.00. The van der Waals surface area contributed by atoms with Gasteiger partial charge in [-0.05, 0) is 30.6 Å². The molecule has 0 fully saturated rings. The van der Waals surface area contributed by atoms with Crippen molar-refractivity contribution in [3.05, 3.63) is 0 Å². The van der Waals surface area contributed by atoms with Crippen molar-refractivity contribution in [1.82, 2.24) is 0 Å². The van der Waals surface area contributed by atoms with Crippen LogP contribution < -0.4 is 0 Å². The van der Waals surface area contributed by atoms with Gasteiger partial charge < -0.3 is 0 Å². The molecule has 0 radical (unpaired) electrons. The first-order chi connectivity index (χ1) is 11.6. The van der Waals surface area contributed by atoms with Crippen molar-refractivity contribution in [3.8, 4) is 0 Å². The lowest BCUT2D eigenvalue weighted by Crippen LogP contribution is -2.08. The van der Waals surface area contributed by atoms with E-state index in [-0.39, 0.29) is 0 Å². The molecule has 0 aromatic rings. The van der Waals surface area contributed by atoms with Crippen LogP contribution in [0.5, 0.6) is 0 Å². The van der Waals surface area contributed by atoms with E-state index in [0.29, 0.717) is 0 Å². The van der Waals surface area contributed by atoms with Gasteiger partial charge in [-0.3, -0.25) is 0 Å². The van der Waals surface area contributed by atoms with Gasteiger partial charge in [0.2, 0.25) is 0 Å². The Morgan fingerprint density at radius 1 is 0.417 bits per heavy atom. The van der Waals surface area contributed by atoms with Crippen molar-refractivity contribution in [1.29, 1.82) is 0 Å². The van der Waals surface area contributed by atoms with E-state index in [1.54, 1.807) is 0 Å². The van der Waals surface area contributed by atoms with Gasteiger partial charge >= 0.3 is 0 Å². The van der Waals surface area contributed by atoms with Crippen molar-refractivity contribution >= 4 is 0 Å². The minimum atomic E-state index is 0.925. The zero-order chi connectivity index (χ0) is 18.0. The Morgan fingerprint density at radius 3 is 1.29 bits per heavy atom. The second-order valence-corrected chi connectivity index (χ2v) is 8.90. The predicted octanol–water partition coefficient (Wildman–Crippen LogP) is 9.18. The van der Waals surface area contributed by atoms with E-state index in [1.807, 2.05) is 0 Å². The molecule has 0 heteroatoms. The quantitative estimate of drug-likeness (QED) is 0.218. The maximum Gasteiger partial charge on any atom is -0.0438 e. The van der Waals surface area contributed by atoms with Crippen LogP contribution in [0, 0.1) is 17.8 Å². The van der Waals surface area contributed by atoms with E-state index in [4.69, 9.17) is 0 Å². The average molecular weight is 339 g/mol. The Hall–Kier alpha value is 0. The van der Waals surface area contributed by atoms with Gasteiger partial charge in [-0.25, -0.2) is 0 Å². The van der Waals surface area contributed by atoms with Gasteiger partial charge in [-0.15, -0.1) is 0 Å². The molecule has 0 aliphatic carbocycles. The molecule has 0 aromatic heterocycles. The van der Waals surface area contributed by atoms with Crippen LogP contribution in [-0.4, -0.2) is 0 Å². The van der Waals surface area contributed by atoms with E-state index < -0.39 is 0 Å². The normalized spacial score (nSPS) is 15.4. The molecule has 3 atom stereocenters. The van der Waals surface area contributed by atoms with Gasteiger partial charge in [0.1, 0.15) is 0 Å². The summed E-state index contributed by atoms with van der Waals surface area (Å²) in [5.74, 6) is 2.79. The molecular weight excluding hydrogens is 288 g/mol.